The lowest BCUT2D eigenvalue weighted by Gasteiger charge is -2.10. The van der Waals surface area contributed by atoms with E-state index in [9.17, 15) is 9.18 Å². The lowest BCUT2D eigenvalue weighted by atomic mass is 10.1. The van der Waals surface area contributed by atoms with E-state index in [1.165, 1.54) is 23.6 Å². The Labute approximate surface area is 129 Å². The Hall–Kier alpha value is -2.04. The summed E-state index contributed by atoms with van der Waals surface area (Å²) < 4.78 is 15.6. The van der Waals surface area contributed by atoms with E-state index in [0.717, 1.165) is 12.8 Å². The molecular formula is C17H21FN2O2. The van der Waals surface area contributed by atoms with E-state index in [0.29, 0.717) is 35.5 Å². The molecule has 4 nitrogen and oxygen atoms in total. The van der Waals surface area contributed by atoms with Crippen LogP contribution in [0, 0.1) is 11.7 Å². The Balaban J connectivity index is 1.86. The van der Waals surface area contributed by atoms with Crippen LogP contribution in [-0.4, -0.2) is 23.8 Å². The Morgan fingerprint density at radius 3 is 2.91 bits per heavy atom. The van der Waals surface area contributed by atoms with E-state index in [1.54, 1.807) is 18.3 Å². The summed E-state index contributed by atoms with van der Waals surface area (Å²) >= 11 is 0. The second-order valence-electron chi connectivity index (χ2n) is 5.78. The van der Waals surface area contributed by atoms with E-state index >= 15 is 0 Å². The van der Waals surface area contributed by atoms with Gasteiger partial charge in [-0.25, -0.2) is 4.39 Å². The number of benzene rings is 1. The van der Waals surface area contributed by atoms with Crippen LogP contribution in [0.3, 0.4) is 0 Å². The first-order chi connectivity index (χ1) is 10.7. The normalized spacial score (nSPS) is 15.4. The standard InChI is InChI=1S/C17H21FN2O2/c1-2-22-20-11-13(16-14(18)8-5-9-15(16)20)17(21)19-10-12-6-3-4-7-12/h5,8-9,11-12H,2-4,6-7,10H2,1H3,(H,19,21). The molecule has 0 bridgehead atoms. The second-order valence-corrected chi connectivity index (χ2v) is 5.78. The number of fused-ring (bicyclic) bond motifs is 1. The van der Waals surface area contributed by atoms with Crippen molar-refractivity contribution in [2.45, 2.75) is 32.6 Å². The number of nitrogens with one attached hydrogen (secondary N) is 1. The fraction of sp³-hybridized carbons (Fsp3) is 0.471. The zero-order valence-electron chi connectivity index (χ0n) is 12.8. The van der Waals surface area contributed by atoms with Crippen molar-refractivity contribution in [1.29, 1.82) is 0 Å². The third-order valence-electron chi connectivity index (χ3n) is 4.28. The number of hydrogen-bond donors (Lipinski definition) is 1. The summed E-state index contributed by atoms with van der Waals surface area (Å²) in [6.07, 6.45) is 6.36. The summed E-state index contributed by atoms with van der Waals surface area (Å²) in [6.45, 7) is 2.96. The van der Waals surface area contributed by atoms with E-state index < -0.39 is 5.82 Å². The molecule has 1 N–H and O–H groups in total. The Morgan fingerprint density at radius 1 is 1.41 bits per heavy atom. The molecule has 118 valence electrons. The number of halogens is 1. The monoisotopic (exact) mass is 304 g/mol. The molecule has 1 fully saturated rings. The summed E-state index contributed by atoms with van der Waals surface area (Å²) in [7, 11) is 0. The highest BCUT2D eigenvalue weighted by Gasteiger charge is 2.21. The zero-order chi connectivity index (χ0) is 15.5. The van der Waals surface area contributed by atoms with Crippen molar-refractivity contribution in [3.63, 3.8) is 0 Å². The van der Waals surface area contributed by atoms with Gasteiger partial charge in [-0.3, -0.25) is 4.79 Å². The summed E-state index contributed by atoms with van der Waals surface area (Å²) in [4.78, 5) is 17.9. The number of amides is 1. The molecule has 1 aromatic heterocycles. The van der Waals surface area contributed by atoms with Gasteiger partial charge in [-0.15, -0.1) is 0 Å². The van der Waals surface area contributed by atoms with Crippen molar-refractivity contribution >= 4 is 16.8 Å². The minimum Gasteiger partial charge on any atom is -0.414 e. The maximum atomic E-state index is 14.2. The van der Waals surface area contributed by atoms with Crippen LogP contribution in [0.4, 0.5) is 4.39 Å². The molecule has 2 aromatic rings. The van der Waals surface area contributed by atoms with Crippen LogP contribution in [0.2, 0.25) is 0 Å². The summed E-state index contributed by atoms with van der Waals surface area (Å²) in [6, 6.07) is 4.74. The average Bonchev–Trinajstić information content (AvgIpc) is 3.14. The average molecular weight is 304 g/mol. The molecule has 1 aromatic carbocycles. The van der Waals surface area contributed by atoms with Gasteiger partial charge in [0.1, 0.15) is 12.4 Å². The molecule has 1 aliphatic carbocycles. The molecule has 1 aliphatic rings. The Morgan fingerprint density at radius 2 is 2.18 bits per heavy atom. The maximum absolute atomic E-state index is 14.2. The van der Waals surface area contributed by atoms with Crippen molar-refractivity contribution in [1.82, 2.24) is 10.0 Å². The van der Waals surface area contributed by atoms with Gasteiger partial charge in [-0.2, -0.15) is 4.73 Å². The smallest absolute Gasteiger partial charge is 0.253 e. The lowest BCUT2D eigenvalue weighted by Crippen LogP contribution is -2.28. The SMILES string of the molecule is CCOn1cc(C(=O)NCC2CCCC2)c2c(F)cccc21. The molecule has 1 heterocycles. The highest BCUT2D eigenvalue weighted by atomic mass is 19.1. The van der Waals surface area contributed by atoms with Gasteiger partial charge in [-0.05, 0) is 37.8 Å². The van der Waals surface area contributed by atoms with Crippen LogP contribution < -0.4 is 10.2 Å². The molecule has 22 heavy (non-hydrogen) atoms. The van der Waals surface area contributed by atoms with Gasteiger partial charge in [0.05, 0.1) is 22.7 Å². The van der Waals surface area contributed by atoms with E-state index in [2.05, 4.69) is 5.32 Å². The quantitative estimate of drug-likeness (QED) is 0.922. The predicted octanol–water partition coefficient (Wildman–Crippen LogP) is 3.15. The first-order valence-electron chi connectivity index (χ1n) is 7.91. The number of carbonyl (C=O) groups excluding carboxylic acids is 1. The molecule has 1 amide bonds. The number of hydrogen-bond acceptors (Lipinski definition) is 2. The van der Waals surface area contributed by atoms with Crippen LogP contribution in [0.25, 0.3) is 10.9 Å². The van der Waals surface area contributed by atoms with Gasteiger partial charge in [-0.1, -0.05) is 18.9 Å². The third-order valence-corrected chi connectivity index (χ3v) is 4.28. The van der Waals surface area contributed by atoms with Crippen molar-refractivity contribution in [2.75, 3.05) is 13.2 Å². The van der Waals surface area contributed by atoms with Crippen LogP contribution in [0.15, 0.2) is 24.4 Å². The predicted molar refractivity (Wildman–Crippen MR) is 83.3 cm³/mol. The number of carbonyl (C=O) groups is 1. The van der Waals surface area contributed by atoms with Crippen LogP contribution in [0.5, 0.6) is 0 Å². The van der Waals surface area contributed by atoms with Crippen LogP contribution >= 0.6 is 0 Å². The Bertz CT molecular complexity index is 675. The molecule has 0 unspecified atom stereocenters. The number of nitrogens with zero attached hydrogens (tertiary/aromatic N) is 1. The van der Waals surface area contributed by atoms with Crippen molar-refractivity contribution in [3.8, 4) is 0 Å². The molecule has 0 spiro atoms. The van der Waals surface area contributed by atoms with Crippen molar-refractivity contribution in [2.24, 2.45) is 5.92 Å². The molecule has 0 saturated heterocycles. The van der Waals surface area contributed by atoms with E-state index in [4.69, 9.17) is 4.84 Å². The largest absolute Gasteiger partial charge is 0.414 e. The molecule has 5 heteroatoms. The topological polar surface area (TPSA) is 43.3 Å². The van der Waals surface area contributed by atoms with Crippen LogP contribution in [-0.2, 0) is 0 Å². The van der Waals surface area contributed by atoms with E-state index in [1.807, 2.05) is 6.92 Å². The molecule has 3 rings (SSSR count). The number of aromatic nitrogens is 1. The van der Waals surface area contributed by atoms with Crippen molar-refractivity contribution < 1.29 is 14.0 Å². The third kappa shape index (κ3) is 2.80. The molecule has 0 radical (unpaired) electrons. The van der Waals surface area contributed by atoms with Gasteiger partial charge in [0.15, 0.2) is 0 Å². The molecule has 0 atom stereocenters. The fourth-order valence-corrected chi connectivity index (χ4v) is 3.18. The lowest BCUT2D eigenvalue weighted by molar-refractivity contribution is 0.0943. The van der Waals surface area contributed by atoms with Crippen molar-refractivity contribution in [3.05, 3.63) is 35.8 Å². The molecule has 1 saturated carbocycles. The molecule has 0 aliphatic heterocycles. The van der Waals surface area contributed by atoms with Gasteiger partial charge < -0.3 is 10.2 Å². The van der Waals surface area contributed by atoms with Crippen LogP contribution in [0.1, 0.15) is 43.0 Å². The first-order valence-corrected chi connectivity index (χ1v) is 7.91. The summed E-state index contributed by atoms with van der Waals surface area (Å²) in [5.41, 5.74) is 0.910. The van der Waals surface area contributed by atoms with Gasteiger partial charge in [0, 0.05) is 6.54 Å². The summed E-state index contributed by atoms with van der Waals surface area (Å²) in [5, 5.41) is 3.26. The van der Waals surface area contributed by atoms with Gasteiger partial charge >= 0.3 is 0 Å². The van der Waals surface area contributed by atoms with E-state index in [-0.39, 0.29) is 5.91 Å². The van der Waals surface area contributed by atoms with Gasteiger partial charge in [0.25, 0.3) is 5.91 Å². The zero-order valence-corrected chi connectivity index (χ0v) is 12.8. The molecular weight excluding hydrogens is 283 g/mol. The van der Waals surface area contributed by atoms with Gasteiger partial charge in [0.2, 0.25) is 0 Å². The maximum Gasteiger partial charge on any atom is 0.253 e. The minimum absolute atomic E-state index is 0.236. The second kappa shape index (κ2) is 6.38. The minimum atomic E-state index is -0.401. The highest BCUT2D eigenvalue weighted by Crippen LogP contribution is 2.25. The number of rotatable bonds is 5. The Kier molecular flexibility index (Phi) is 4.32. The summed E-state index contributed by atoms with van der Waals surface area (Å²) in [5.74, 6) is -0.0866. The fourth-order valence-electron chi connectivity index (χ4n) is 3.18. The first kappa shape index (κ1) is 14.9. The highest BCUT2D eigenvalue weighted by molar-refractivity contribution is 6.07.